The van der Waals surface area contributed by atoms with E-state index >= 15 is 0 Å². The molecule has 2 aliphatic rings. The Kier molecular flexibility index (Phi) is 4.43. The zero-order valence-electron chi connectivity index (χ0n) is 16.0. The number of amides is 3. The molecule has 5 nitrogen and oxygen atoms in total. The number of fused-ring (bicyclic) bond motifs is 4. The standard InChI is InChI=1S/C24H23N3O2/c28-21(14-17-9-5-8-15-6-1-3-10-18(15)17)26-27-24(29)25-23-20-13-12-16-7-2-4-11-19(16)22(20)23/h1-11,20,22-23H,12-14H2,(H,26,28)(H2,25,27,29). The minimum atomic E-state index is -0.354. The predicted molar refractivity (Wildman–Crippen MR) is 112 cm³/mol. The highest BCUT2D eigenvalue weighted by molar-refractivity contribution is 5.90. The maximum atomic E-state index is 12.3. The molecule has 3 aromatic carbocycles. The lowest BCUT2D eigenvalue weighted by Gasteiger charge is -2.13. The molecule has 3 aromatic rings. The molecule has 0 radical (unpaired) electrons. The summed E-state index contributed by atoms with van der Waals surface area (Å²) in [6.45, 7) is 0. The first-order valence-corrected chi connectivity index (χ1v) is 10.1. The van der Waals surface area contributed by atoms with Crippen LogP contribution in [0.3, 0.4) is 0 Å². The number of nitrogens with one attached hydrogen (secondary N) is 3. The van der Waals surface area contributed by atoms with Gasteiger partial charge in [-0.2, -0.15) is 0 Å². The first kappa shape index (κ1) is 17.7. The van der Waals surface area contributed by atoms with Crippen molar-refractivity contribution in [3.63, 3.8) is 0 Å². The summed E-state index contributed by atoms with van der Waals surface area (Å²) in [5.41, 5.74) is 8.72. The van der Waals surface area contributed by atoms with Crippen molar-refractivity contribution in [2.45, 2.75) is 31.2 Å². The summed E-state index contributed by atoms with van der Waals surface area (Å²) in [5.74, 6) is 0.661. The molecule has 5 rings (SSSR count). The van der Waals surface area contributed by atoms with Crippen molar-refractivity contribution in [1.82, 2.24) is 16.2 Å². The molecule has 0 bridgehead atoms. The Morgan fingerprint density at radius 3 is 2.62 bits per heavy atom. The van der Waals surface area contributed by atoms with Crippen LogP contribution in [0.4, 0.5) is 4.79 Å². The fraction of sp³-hybridized carbons (Fsp3) is 0.250. The predicted octanol–water partition coefficient (Wildman–Crippen LogP) is 3.44. The third kappa shape index (κ3) is 3.44. The SMILES string of the molecule is O=C(Cc1cccc2ccccc12)NNC(=O)NC1C2CCc3ccccc3C21. The van der Waals surface area contributed by atoms with Crippen molar-refractivity contribution in [2.75, 3.05) is 0 Å². The second-order valence-corrected chi connectivity index (χ2v) is 7.91. The van der Waals surface area contributed by atoms with Crippen LogP contribution in [0, 0.1) is 5.92 Å². The lowest BCUT2D eigenvalue weighted by Crippen LogP contribution is -2.48. The lowest BCUT2D eigenvalue weighted by atomic mass is 9.92. The fourth-order valence-electron chi connectivity index (χ4n) is 4.74. The molecule has 1 saturated carbocycles. The van der Waals surface area contributed by atoms with Crippen molar-refractivity contribution in [2.24, 2.45) is 5.92 Å². The van der Waals surface area contributed by atoms with E-state index in [2.05, 4.69) is 40.4 Å². The molecule has 1 fully saturated rings. The molecule has 2 aliphatic carbocycles. The van der Waals surface area contributed by atoms with Crippen molar-refractivity contribution in [1.29, 1.82) is 0 Å². The molecule has 0 aliphatic heterocycles. The maximum absolute atomic E-state index is 12.3. The van der Waals surface area contributed by atoms with E-state index in [0.29, 0.717) is 11.8 Å². The molecule has 5 heteroatoms. The molecule has 0 saturated heterocycles. The molecule has 0 aromatic heterocycles. The first-order chi connectivity index (χ1) is 14.2. The second-order valence-electron chi connectivity index (χ2n) is 7.91. The van der Waals surface area contributed by atoms with Gasteiger partial charge in [-0.05, 0) is 46.2 Å². The van der Waals surface area contributed by atoms with Crippen molar-refractivity contribution in [3.05, 3.63) is 83.4 Å². The smallest absolute Gasteiger partial charge is 0.333 e. The first-order valence-electron chi connectivity index (χ1n) is 10.1. The van der Waals surface area contributed by atoms with Gasteiger partial charge in [0, 0.05) is 12.0 Å². The van der Waals surface area contributed by atoms with E-state index in [1.165, 1.54) is 11.1 Å². The Bertz CT molecular complexity index is 1090. The van der Waals surface area contributed by atoms with Gasteiger partial charge in [-0.1, -0.05) is 66.7 Å². The highest BCUT2D eigenvalue weighted by Crippen LogP contribution is 2.54. The monoisotopic (exact) mass is 385 g/mol. The molecule has 146 valence electrons. The minimum absolute atomic E-state index is 0.147. The van der Waals surface area contributed by atoms with Gasteiger partial charge in [0.1, 0.15) is 0 Å². The highest BCUT2D eigenvalue weighted by Gasteiger charge is 2.53. The van der Waals surface area contributed by atoms with Crippen LogP contribution < -0.4 is 16.2 Å². The maximum Gasteiger partial charge on any atom is 0.333 e. The Labute approximate surface area is 169 Å². The highest BCUT2D eigenvalue weighted by atomic mass is 16.2. The van der Waals surface area contributed by atoms with E-state index in [0.717, 1.165) is 29.2 Å². The van der Waals surface area contributed by atoms with Crippen molar-refractivity contribution in [3.8, 4) is 0 Å². The van der Waals surface area contributed by atoms with Crippen LogP contribution in [-0.2, 0) is 17.6 Å². The number of hydrazine groups is 1. The topological polar surface area (TPSA) is 70.2 Å². The van der Waals surface area contributed by atoms with Crippen LogP contribution in [0.25, 0.3) is 10.8 Å². The van der Waals surface area contributed by atoms with E-state index in [9.17, 15) is 9.59 Å². The number of carbonyl (C=O) groups is 2. The number of benzene rings is 3. The van der Waals surface area contributed by atoms with E-state index in [1.807, 2.05) is 42.5 Å². The number of carbonyl (C=O) groups excluding carboxylic acids is 2. The van der Waals surface area contributed by atoms with E-state index in [-0.39, 0.29) is 24.4 Å². The Morgan fingerprint density at radius 1 is 0.897 bits per heavy atom. The molecule has 3 amide bonds. The van der Waals surface area contributed by atoms with E-state index in [4.69, 9.17) is 0 Å². The normalized spacial score (nSPS) is 21.6. The zero-order valence-corrected chi connectivity index (χ0v) is 16.0. The number of rotatable bonds is 3. The van der Waals surface area contributed by atoms with Crippen LogP contribution in [0.1, 0.15) is 29.0 Å². The largest absolute Gasteiger partial charge is 0.333 e. The summed E-state index contributed by atoms with van der Waals surface area (Å²) in [6.07, 6.45) is 2.38. The lowest BCUT2D eigenvalue weighted by molar-refractivity contribution is -0.121. The van der Waals surface area contributed by atoms with Crippen LogP contribution >= 0.6 is 0 Å². The molecule has 3 N–H and O–H groups in total. The van der Waals surface area contributed by atoms with E-state index in [1.54, 1.807) is 0 Å². The Hall–Kier alpha value is -3.34. The average molecular weight is 385 g/mol. The van der Waals surface area contributed by atoms with Crippen LogP contribution in [0.2, 0.25) is 0 Å². The van der Waals surface area contributed by atoms with Crippen molar-refractivity contribution < 1.29 is 9.59 Å². The number of aryl methyl sites for hydroxylation is 1. The fourth-order valence-corrected chi connectivity index (χ4v) is 4.74. The number of hydrogen-bond donors (Lipinski definition) is 3. The summed E-state index contributed by atoms with van der Waals surface area (Å²) in [7, 11) is 0. The zero-order chi connectivity index (χ0) is 19.8. The summed E-state index contributed by atoms with van der Waals surface area (Å²) in [6, 6.07) is 22.1. The van der Waals surface area contributed by atoms with Gasteiger partial charge in [-0.3, -0.25) is 10.2 Å². The third-order valence-electron chi connectivity index (χ3n) is 6.17. The molecule has 0 heterocycles. The van der Waals surface area contributed by atoms with Gasteiger partial charge in [0.05, 0.1) is 6.42 Å². The van der Waals surface area contributed by atoms with Gasteiger partial charge >= 0.3 is 6.03 Å². The summed E-state index contributed by atoms with van der Waals surface area (Å²) in [5, 5.41) is 5.17. The third-order valence-corrected chi connectivity index (χ3v) is 6.17. The van der Waals surface area contributed by atoms with Gasteiger partial charge in [0.15, 0.2) is 0 Å². The number of urea groups is 1. The Morgan fingerprint density at radius 2 is 1.69 bits per heavy atom. The van der Waals surface area contributed by atoms with E-state index < -0.39 is 0 Å². The van der Waals surface area contributed by atoms with Gasteiger partial charge in [0.25, 0.3) is 0 Å². The van der Waals surface area contributed by atoms with Crippen LogP contribution in [0.5, 0.6) is 0 Å². The van der Waals surface area contributed by atoms with Crippen molar-refractivity contribution >= 4 is 22.7 Å². The van der Waals surface area contributed by atoms with Gasteiger partial charge < -0.3 is 5.32 Å². The van der Waals surface area contributed by atoms with Gasteiger partial charge in [-0.15, -0.1) is 0 Å². The summed E-state index contributed by atoms with van der Waals surface area (Å²) in [4.78, 5) is 24.6. The van der Waals surface area contributed by atoms with Gasteiger partial charge in [-0.25, -0.2) is 10.2 Å². The molecule has 0 spiro atoms. The number of hydrogen-bond acceptors (Lipinski definition) is 2. The minimum Gasteiger partial charge on any atom is -0.333 e. The molecule has 3 atom stereocenters. The molecular weight excluding hydrogens is 362 g/mol. The van der Waals surface area contributed by atoms with Crippen LogP contribution in [0.15, 0.2) is 66.7 Å². The second kappa shape index (κ2) is 7.24. The summed E-state index contributed by atoms with van der Waals surface area (Å²) < 4.78 is 0. The molecule has 29 heavy (non-hydrogen) atoms. The van der Waals surface area contributed by atoms with Gasteiger partial charge in [0.2, 0.25) is 5.91 Å². The molecular formula is C24H23N3O2. The molecule has 3 unspecified atom stereocenters. The quantitative estimate of drug-likeness (QED) is 0.605. The summed E-state index contributed by atoms with van der Waals surface area (Å²) >= 11 is 0. The Balaban J connectivity index is 1.15. The van der Waals surface area contributed by atoms with Crippen LogP contribution in [-0.4, -0.2) is 18.0 Å². The average Bonchev–Trinajstić information content (AvgIpc) is 3.46.